The van der Waals surface area contributed by atoms with E-state index in [0.717, 1.165) is 44.0 Å². The lowest BCUT2D eigenvalue weighted by Crippen LogP contribution is -2.35. The van der Waals surface area contributed by atoms with Crippen LogP contribution < -0.4 is 15.5 Å². The van der Waals surface area contributed by atoms with Gasteiger partial charge in [-0.15, -0.1) is 0 Å². The Morgan fingerprint density at radius 2 is 2.17 bits per heavy atom. The lowest BCUT2D eigenvalue weighted by molar-refractivity contribution is -0.117. The van der Waals surface area contributed by atoms with Gasteiger partial charge in [0.25, 0.3) is 0 Å². The van der Waals surface area contributed by atoms with Crippen molar-refractivity contribution in [2.24, 2.45) is 0 Å². The Labute approximate surface area is 135 Å². The first-order valence-corrected chi connectivity index (χ1v) is 8.12. The second-order valence-corrected chi connectivity index (χ2v) is 6.13. The van der Waals surface area contributed by atoms with Gasteiger partial charge in [-0.3, -0.25) is 4.79 Å². The zero-order valence-electron chi connectivity index (χ0n) is 13.0. The van der Waals surface area contributed by atoms with Crippen molar-refractivity contribution in [3.8, 4) is 0 Å². The van der Waals surface area contributed by atoms with Crippen molar-refractivity contribution >= 4 is 17.4 Å². The molecule has 1 amide bonds. The second kappa shape index (κ2) is 6.01. The predicted octanol–water partition coefficient (Wildman–Crippen LogP) is 2.29. The van der Waals surface area contributed by atoms with Crippen molar-refractivity contribution in [1.29, 1.82) is 0 Å². The molecule has 5 nitrogen and oxygen atoms in total. The molecule has 0 bridgehead atoms. The summed E-state index contributed by atoms with van der Waals surface area (Å²) in [5.74, 6) is 1.05. The van der Waals surface area contributed by atoms with Crippen LogP contribution in [0.1, 0.15) is 24.0 Å². The summed E-state index contributed by atoms with van der Waals surface area (Å²) in [7, 11) is 0. The number of fused-ring (bicyclic) bond motifs is 1. The average Bonchev–Trinajstić information content (AvgIpc) is 3.26. The third-order valence-electron chi connectivity index (χ3n) is 4.59. The maximum absolute atomic E-state index is 12.4. The van der Waals surface area contributed by atoms with Crippen LogP contribution in [0.4, 0.5) is 11.5 Å². The standard InChI is InChI=1S/C18H20N4O/c23-18(16-7-4-10-19-16)21-15-6-3-5-13-11-22(12-14(13)15)17-8-1-2-9-20-17/h1-3,5-6,8-9,16,19H,4,7,10-12H2,(H,21,23). The van der Waals surface area contributed by atoms with Crippen LogP contribution in [0.25, 0.3) is 0 Å². The SMILES string of the molecule is O=C(Nc1cccc2c1CN(c1ccccn1)C2)C1CCCN1. The van der Waals surface area contributed by atoms with Crippen LogP contribution in [0.5, 0.6) is 0 Å². The molecule has 0 aliphatic carbocycles. The highest BCUT2D eigenvalue weighted by molar-refractivity contribution is 5.96. The Hall–Kier alpha value is -2.40. The number of rotatable bonds is 3. The summed E-state index contributed by atoms with van der Waals surface area (Å²) < 4.78 is 0. The summed E-state index contributed by atoms with van der Waals surface area (Å²) in [6.45, 7) is 2.54. The topological polar surface area (TPSA) is 57.3 Å². The van der Waals surface area contributed by atoms with Crippen LogP contribution in [0, 0.1) is 0 Å². The van der Waals surface area contributed by atoms with Crippen LogP contribution in [0.3, 0.4) is 0 Å². The Kier molecular flexibility index (Phi) is 3.71. The van der Waals surface area contributed by atoms with Crippen LogP contribution in [0.2, 0.25) is 0 Å². The highest BCUT2D eigenvalue weighted by Gasteiger charge is 2.26. The molecule has 23 heavy (non-hydrogen) atoms. The van der Waals surface area contributed by atoms with Gasteiger partial charge in [0.15, 0.2) is 0 Å². The van der Waals surface area contributed by atoms with Crippen molar-refractivity contribution in [1.82, 2.24) is 10.3 Å². The van der Waals surface area contributed by atoms with Gasteiger partial charge in [0, 0.05) is 25.0 Å². The summed E-state index contributed by atoms with van der Waals surface area (Å²) >= 11 is 0. The van der Waals surface area contributed by atoms with Gasteiger partial charge < -0.3 is 15.5 Å². The minimum atomic E-state index is -0.0563. The van der Waals surface area contributed by atoms with Gasteiger partial charge in [0.2, 0.25) is 5.91 Å². The smallest absolute Gasteiger partial charge is 0.241 e. The van der Waals surface area contributed by atoms with Gasteiger partial charge in [0.05, 0.1) is 6.04 Å². The number of amides is 1. The Balaban J connectivity index is 1.54. The minimum Gasteiger partial charge on any atom is -0.348 e. The number of anilines is 2. The van der Waals surface area contributed by atoms with E-state index in [4.69, 9.17) is 0 Å². The molecule has 2 aliphatic heterocycles. The predicted molar refractivity (Wildman–Crippen MR) is 90.2 cm³/mol. The van der Waals surface area contributed by atoms with E-state index in [1.807, 2.05) is 36.5 Å². The zero-order chi connectivity index (χ0) is 15.6. The monoisotopic (exact) mass is 308 g/mol. The first-order chi connectivity index (χ1) is 11.3. The second-order valence-electron chi connectivity index (χ2n) is 6.13. The van der Waals surface area contributed by atoms with E-state index in [0.29, 0.717) is 0 Å². The lowest BCUT2D eigenvalue weighted by Gasteiger charge is -2.16. The maximum Gasteiger partial charge on any atom is 0.241 e. The van der Waals surface area contributed by atoms with Crippen molar-refractivity contribution in [2.45, 2.75) is 32.0 Å². The third kappa shape index (κ3) is 2.80. The van der Waals surface area contributed by atoms with Crippen molar-refractivity contribution in [2.75, 3.05) is 16.8 Å². The fourth-order valence-corrected chi connectivity index (χ4v) is 3.37. The van der Waals surface area contributed by atoms with E-state index >= 15 is 0 Å². The molecule has 1 atom stereocenters. The molecule has 4 rings (SSSR count). The quantitative estimate of drug-likeness (QED) is 0.913. The zero-order valence-corrected chi connectivity index (χ0v) is 13.0. The van der Waals surface area contributed by atoms with Gasteiger partial charge in [0.1, 0.15) is 5.82 Å². The fourth-order valence-electron chi connectivity index (χ4n) is 3.37. The van der Waals surface area contributed by atoms with Crippen LogP contribution in [0.15, 0.2) is 42.6 Å². The van der Waals surface area contributed by atoms with E-state index in [9.17, 15) is 4.79 Å². The van der Waals surface area contributed by atoms with Crippen molar-refractivity contribution in [3.63, 3.8) is 0 Å². The molecule has 3 heterocycles. The number of hydrogen-bond donors (Lipinski definition) is 2. The molecule has 1 aromatic heterocycles. The summed E-state index contributed by atoms with van der Waals surface area (Å²) in [6.07, 6.45) is 3.80. The highest BCUT2D eigenvalue weighted by Crippen LogP contribution is 2.32. The number of carbonyl (C=O) groups is 1. The van der Waals surface area contributed by atoms with E-state index in [-0.39, 0.29) is 11.9 Å². The number of nitrogens with one attached hydrogen (secondary N) is 2. The first kappa shape index (κ1) is 14.2. The molecule has 2 aliphatic rings. The van der Waals surface area contributed by atoms with E-state index in [1.54, 1.807) is 0 Å². The normalized spacial score (nSPS) is 19.7. The number of benzene rings is 1. The number of aromatic nitrogens is 1. The first-order valence-electron chi connectivity index (χ1n) is 8.12. The van der Waals surface area contributed by atoms with Gasteiger partial charge in [-0.1, -0.05) is 18.2 Å². The Morgan fingerprint density at radius 1 is 1.22 bits per heavy atom. The Morgan fingerprint density at radius 3 is 2.96 bits per heavy atom. The molecule has 1 saturated heterocycles. The van der Waals surface area contributed by atoms with E-state index in [2.05, 4.69) is 26.6 Å². The molecule has 0 spiro atoms. The van der Waals surface area contributed by atoms with Crippen molar-refractivity contribution < 1.29 is 4.79 Å². The molecule has 1 fully saturated rings. The van der Waals surface area contributed by atoms with Gasteiger partial charge in [-0.25, -0.2) is 4.98 Å². The number of nitrogens with zero attached hydrogens (tertiary/aromatic N) is 2. The number of carbonyl (C=O) groups excluding carboxylic acids is 1. The summed E-state index contributed by atoms with van der Waals surface area (Å²) in [4.78, 5) is 19.0. The molecule has 1 unspecified atom stereocenters. The fraction of sp³-hybridized carbons (Fsp3) is 0.333. The molecular formula is C18H20N4O. The average molecular weight is 308 g/mol. The van der Waals surface area contributed by atoms with Crippen LogP contribution in [-0.4, -0.2) is 23.5 Å². The molecule has 0 radical (unpaired) electrons. The molecule has 118 valence electrons. The van der Waals surface area contributed by atoms with E-state index < -0.39 is 0 Å². The summed E-state index contributed by atoms with van der Waals surface area (Å²) in [5.41, 5.74) is 3.39. The highest BCUT2D eigenvalue weighted by atomic mass is 16.2. The van der Waals surface area contributed by atoms with Crippen molar-refractivity contribution in [3.05, 3.63) is 53.7 Å². The molecule has 0 saturated carbocycles. The molecule has 2 aromatic rings. The van der Waals surface area contributed by atoms with E-state index in [1.165, 1.54) is 11.1 Å². The Bertz CT molecular complexity index is 710. The molecule has 1 aromatic carbocycles. The number of pyridine rings is 1. The largest absolute Gasteiger partial charge is 0.348 e. The lowest BCUT2D eigenvalue weighted by atomic mass is 10.1. The van der Waals surface area contributed by atoms with Gasteiger partial charge in [-0.05, 0) is 48.7 Å². The number of hydrogen-bond acceptors (Lipinski definition) is 4. The summed E-state index contributed by atoms with van der Waals surface area (Å²) in [5, 5.41) is 6.35. The third-order valence-corrected chi connectivity index (χ3v) is 4.59. The minimum absolute atomic E-state index is 0.0563. The summed E-state index contributed by atoms with van der Waals surface area (Å²) in [6, 6.07) is 12.0. The van der Waals surface area contributed by atoms with Crippen LogP contribution >= 0.6 is 0 Å². The molecule has 5 heteroatoms. The van der Waals surface area contributed by atoms with Gasteiger partial charge in [-0.2, -0.15) is 0 Å². The molecular weight excluding hydrogens is 288 g/mol. The van der Waals surface area contributed by atoms with Crippen LogP contribution in [-0.2, 0) is 17.9 Å². The maximum atomic E-state index is 12.4. The molecule has 2 N–H and O–H groups in total. The van der Waals surface area contributed by atoms with Gasteiger partial charge >= 0.3 is 0 Å².